The molecule has 1 aromatic heterocycles. The Morgan fingerprint density at radius 1 is 1.40 bits per heavy atom. The number of nitro benzene ring substituents is 1. The Bertz CT molecular complexity index is 689. The first-order valence-electron chi connectivity index (χ1n) is 5.28. The normalized spacial score (nSPS) is 10.9. The second-order valence-corrected chi connectivity index (χ2v) is 5.05. The molecule has 0 atom stereocenters. The molecule has 0 fully saturated rings. The van der Waals surface area contributed by atoms with Gasteiger partial charge in [0.1, 0.15) is 0 Å². The molecule has 0 saturated heterocycles. The van der Waals surface area contributed by atoms with E-state index in [1.807, 2.05) is 0 Å². The van der Waals surface area contributed by atoms with E-state index in [-0.39, 0.29) is 5.56 Å². The third-order valence-corrected chi connectivity index (χ3v) is 2.99. The fourth-order valence-electron chi connectivity index (χ4n) is 1.41. The minimum Gasteiger partial charge on any atom is -0.867 e. The summed E-state index contributed by atoms with van der Waals surface area (Å²) in [6, 6.07) is 5.77. The summed E-state index contributed by atoms with van der Waals surface area (Å²) in [6.07, 6.45) is 2.64. The monoisotopic (exact) mass is 354 g/mol. The van der Waals surface area contributed by atoms with E-state index in [9.17, 15) is 15.2 Å². The first-order chi connectivity index (χ1) is 9.47. The Labute approximate surface area is 127 Å². The van der Waals surface area contributed by atoms with Crippen LogP contribution in [-0.2, 0) is 0 Å². The number of nitro groups is 1. The van der Waals surface area contributed by atoms with E-state index in [2.05, 4.69) is 25.9 Å². The van der Waals surface area contributed by atoms with Gasteiger partial charge in [0, 0.05) is 23.0 Å². The summed E-state index contributed by atoms with van der Waals surface area (Å²) in [5.74, 6) is -0.354. The van der Waals surface area contributed by atoms with Crippen LogP contribution in [0.2, 0.25) is 5.02 Å². The summed E-state index contributed by atoms with van der Waals surface area (Å²) in [4.78, 5) is 17.9. The van der Waals surface area contributed by atoms with Crippen LogP contribution in [0.5, 0.6) is 5.75 Å². The molecule has 2 rings (SSSR count). The lowest BCUT2D eigenvalue weighted by atomic mass is 10.2. The molecule has 1 aromatic carbocycles. The van der Waals surface area contributed by atoms with Crippen molar-refractivity contribution in [3.63, 3.8) is 0 Å². The zero-order valence-electron chi connectivity index (χ0n) is 9.79. The molecule has 0 saturated carbocycles. The Morgan fingerprint density at radius 2 is 2.15 bits per heavy atom. The van der Waals surface area contributed by atoms with E-state index in [4.69, 9.17) is 11.6 Å². The van der Waals surface area contributed by atoms with Crippen molar-refractivity contribution in [3.8, 4) is 5.75 Å². The van der Waals surface area contributed by atoms with Crippen molar-refractivity contribution in [1.29, 1.82) is 0 Å². The van der Waals surface area contributed by atoms with Gasteiger partial charge in [-0.05, 0) is 29.5 Å². The first kappa shape index (κ1) is 14.4. The minimum absolute atomic E-state index is 0.0998. The maximum Gasteiger partial charge on any atom is 0.263 e. The van der Waals surface area contributed by atoms with Gasteiger partial charge >= 0.3 is 0 Å². The number of aromatic nitrogens is 1. The lowest BCUT2D eigenvalue weighted by Crippen LogP contribution is -2.02. The van der Waals surface area contributed by atoms with E-state index >= 15 is 0 Å². The van der Waals surface area contributed by atoms with Crippen LogP contribution in [0, 0.1) is 10.1 Å². The molecule has 0 N–H and O–H groups in total. The first-order valence-corrected chi connectivity index (χ1v) is 6.45. The van der Waals surface area contributed by atoms with Crippen molar-refractivity contribution in [2.75, 3.05) is 0 Å². The number of pyridine rings is 1. The summed E-state index contributed by atoms with van der Waals surface area (Å²) in [5, 5.41) is 23.1. The molecule has 0 radical (unpaired) electrons. The van der Waals surface area contributed by atoms with Crippen LogP contribution in [0.25, 0.3) is 0 Å². The number of halogens is 2. The number of aliphatic imine (C=N–C) groups is 1. The predicted octanol–water partition coefficient (Wildman–Crippen LogP) is 3.23. The van der Waals surface area contributed by atoms with E-state index in [0.29, 0.717) is 15.3 Å². The highest BCUT2D eigenvalue weighted by molar-refractivity contribution is 9.10. The lowest BCUT2D eigenvalue weighted by Gasteiger charge is -2.10. The van der Waals surface area contributed by atoms with Crippen molar-refractivity contribution in [3.05, 3.63) is 55.6 Å². The highest BCUT2D eigenvalue weighted by Gasteiger charge is 2.10. The summed E-state index contributed by atoms with van der Waals surface area (Å²) < 4.78 is 0.425. The molecule has 2 aromatic rings. The minimum atomic E-state index is -0.731. The number of benzene rings is 1. The van der Waals surface area contributed by atoms with Crippen LogP contribution in [0.3, 0.4) is 0 Å². The van der Waals surface area contributed by atoms with Crippen molar-refractivity contribution >= 4 is 45.3 Å². The lowest BCUT2D eigenvalue weighted by molar-refractivity contribution is -0.398. The van der Waals surface area contributed by atoms with Crippen LogP contribution in [0.15, 0.2) is 39.9 Å². The number of rotatable bonds is 3. The molecule has 0 bridgehead atoms. The molecule has 0 amide bonds. The van der Waals surface area contributed by atoms with Crippen LogP contribution in [-0.4, -0.2) is 16.1 Å². The van der Waals surface area contributed by atoms with Gasteiger partial charge in [0.15, 0.2) is 5.82 Å². The van der Waals surface area contributed by atoms with Gasteiger partial charge in [-0.3, -0.25) is 10.1 Å². The zero-order valence-corrected chi connectivity index (χ0v) is 12.1. The summed E-state index contributed by atoms with van der Waals surface area (Å²) in [7, 11) is 0. The number of hydrogen-bond acceptors (Lipinski definition) is 5. The molecule has 0 aliphatic heterocycles. The number of hydrogen-bond donors (Lipinski definition) is 0. The van der Waals surface area contributed by atoms with Crippen molar-refractivity contribution < 1.29 is 10.0 Å². The van der Waals surface area contributed by atoms with E-state index < -0.39 is 16.4 Å². The Hall–Kier alpha value is -1.99. The van der Waals surface area contributed by atoms with Gasteiger partial charge in [0.2, 0.25) is 0 Å². The topological polar surface area (TPSA) is 91.5 Å². The van der Waals surface area contributed by atoms with E-state index in [1.165, 1.54) is 18.5 Å². The van der Waals surface area contributed by atoms with Gasteiger partial charge in [-0.25, -0.2) is 9.98 Å². The molecule has 0 unspecified atom stereocenters. The summed E-state index contributed by atoms with van der Waals surface area (Å²) in [5.41, 5.74) is -0.410. The molecule has 20 heavy (non-hydrogen) atoms. The highest BCUT2D eigenvalue weighted by atomic mass is 79.9. The van der Waals surface area contributed by atoms with Crippen LogP contribution in [0.1, 0.15) is 5.56 Å². The third kappa shape index (κ3) is 3.31. The second-order valence-electron chi connectivity index (χ2n) is 3.69. The van der Waals surface area contributed by atoms with Crippen molar-refractivity contribution in [2.45, 2.75) is 0 Å². The van der Waals surface area contributed by atoms with Crippen LogP contribution < -0.4 is 5.11 Å². The smallest absolute Gasteiger partial charge is 0.263 e. The molecule has 6 nitrogen and oxygen atoms in total. The fraction of sp³-hybridized carbons (Fsp3) is 0. The third-order valence-electron chi connectivity index (χ3n) is 2.31. The predicted molar refractivity (Wildman–Crippen MR) is 76.7 cm³/mol. The van der Waals surface area contributed by atoms with E-state index in [0.717, 1.165) is 6.07 Å². The maximum absolute atomic E-state index is 11.8. The Kier molecular flexibility index (Phi) is 4.31. The highest BCUT2D eigenvalue weighted by Crippen LogP contribution is 2.30. The van der Waals surface area contributed by atoms with Gasteiger partial charge in [0.25, 0.3) is 5.69 Å². The van der Waals surface area contributed by atoms with Gasteiger partial charge in [-0.15, -0.1) is 0 Å². The van der Waals surface area contributed by atoms with E-state index in [1.54, 1.807) is 12.1 Å². The van der Waals surface area contributed by atoms with Crippen molar-refractivity contribution in [1.82, 2.24) is 4.98 Å². The molecule has 8 heteroatoms. The molecular weight excluding hydrogens is 350 g/mol. The van der Waals surface area contributed by atoms with Crippen LogP contribution in [0.4, 0.5) is 11.5 Å². The van der Waals surface area contributed by atoms with Gasteiger partial charge in [-0.1, -0.05) is 27.5 Å². The zero-order chi connectivity index (χ0) is 14.7. The average molecular weight is 356 g/mol. The SMILES string of the molecule is O=[N+]([O-])c1cc(Br)cc(C=Nc2ccc(Cl)cn2)c1[O-]. The summed E-state index contributed by atoms with van der Waals surface area (Å²) >= 11 is 8.80. The number of nitrogens with zero attached hydrogens (tertiary/aromatic N) is 3. The molecule has 1 heterocycles. The second kappa shape index (κ2) is 5.98. The fourth-order valence-corrected chi connectivity index (χ4v) is 1.99. The van der Waals surface area contributed by atoms with Crippen LogP contribution >= 0.6 is 27.5 Å². The van der Waals surface area contributed by atoms with Gasteiger partial charge in [-0.2, -0.15) is 0 Å². The summed E-state index contributed by atoms with van der Waals surface area (Å²) in [6.45, 7) is 0. The Balaban J connectivity index is 2.38. The Morgan fingerprint density at radius 3 is 2.75 bits per heavy atom. The van der Waals surface area contributed by atoms with Gasteiger partial charge < -0.3 is 5.11 Å². The average Bonchev–Trinajstić information content (AvgIpc) is 2.41. The standard InChI is InChI=1S/C12H7BrClN3O3/c13-8-3-7(12(18)10(4-8)17(19)20)5-15-11-2-1-9(14)6-16-11/h1-6,18H/p-1. The van der Waals surface area contributed by atoms with Gasteiger partial charge in [0.05, 0.1) is 9.95 Å². The largest absolute Gasteiger partial charge is 0.867 e. The molecule has 102 valence electrons. The van der Waals surface area contributed by atoms with Crippen molar-refractivity contribution in [2.24, 2.45) is 4.99 Å². The molecule has 0 aliphatic rings. The molecule has 0 spiro atoms. The maximum atomic E-state index is 11.8. The molecule has 0 aliphatic carbocycles. The quantitative estimate of drug-likeness (QED) is 0.480. The molecular formula is C12H6BrClN3O3-.